The fourth-order valence-corrected chi connectivity index (χ4v) is 2.22. The van der Waals surface area contributed by atoms with Gasteiger partial charge in [-0.25, -0.2) is 8.42 Å². The van der Waals surface area contributed by atoms with Crippen molar-refractivity contribution in [2.24, 2.45) is 0 Å². The molecule has 0 saturated heterocycles. The molecule has 0 amide bonds. The molecule has 0 aromatic heterocycles. The quantitative estimate of drug-likeness (QED) is 0.621. The fraction of sp³-hybridized carbons (Fsp3) is 0.143. The maximum absolute atomic E-state index is 10.9. The minimum atomic E-state index is -3.23. The summed E-state index contributed by atoms with van der Waals surface area (Å²) in [5, 5.41) is 0.732. The molecule has 0 aliphatic rings. The maximum atomic E-state index is 10.9. The summed E-state index contributed by atoms with van der Waals surface area (Å²) >= 11 is 5.86. The van der Waals surface area contributed by atoms with Gasteiger partial charge in [0.05, 0.1) is 19.7 Å². The molecule has 0 aliphatic heterocycles. The van der Waals surface area contributed by atoms with Crippen LogP contribution in [0.15, 0.2) is 29.2 Å². The summed E-state index contributed by atoms with van der Waals surface area (Å²) in [4.78, 5) is 0.284. The molecular formula is C7H6Br2O2S. The molecule has 1 aromatic rings. The molecule has 5 heteroatoms. The zero-order valence-electron chi connectivity index (χ0n) is 6.00. The van der Waals surface area contributed by atoms with Crippen molar-refractivity contribution in [3.05, 3.63) is 29.8 Å². The number of hydrogen-bond donors (Lipinski definition) is 0. The van der Waals surface area contributed by atoms with Gasteiger partial charge in [-0.1, -0.05) is 28.1 Å². The van der Waals surface area contributed by atoms with E-state index in [9.17, 15) is 8.42 Å². The van der Waals surface area contributed by atoms with Gasteiger partial charge in [0.2, 0.25) is 8.27 Å². The molecule has 0 heterocycles. The van der Waals surface area contributed by atoms with Crippen molar-refractivity contribution >= 4 is 39.0 Å². The molecule has 0 saturated carbocycles. The zero-order valence-corrected chi connectivity index (χ0v) is 9.99. The van der Waals surface area contributed by atoms with Crippen molar-refractivity contribution in [1.29, 1.82) is 0 Å². The molecule has 0 unspecified atom stereocenters. The third-order valence-corrected chi connectivity index (χ3v) is 3.96. The second-order valence-electron chi connectivity index (χ2n) is 2.22. The molecular weight excluding hydrogens is 308 g/mol. The van der Waals surface area contributed by atoms with E-state index in [1.807, 2.05) is 0 Å². The average molecular weight is 314 g/mol. The molecule has 0 N–H and O–H groups in total. The van der Waals surface area contributed by atoms with Crippen molar-refractivity contribution < 1.29 is 8.42 Å². The van der Waals surface area contributed by atoms with E-state index in [0.29, 0.717) is 0 Å². The highest BCUT2D eigenvalue weighted by Gasteiger charge is 2.07. The Morgan fingerprint density at radius 3 is 2.00 bits per heavy atom. The predicted molar refractivity (Wildman–Crippen MR) is 55.2 cm³/mol. The van der Waals surface area contributed by atoms with Crippen LogP contribution < -0.4 is 0 Å². The van der Waals surface area contributed by atoms with Gasteiger partial charge in [0.15, 0.2) is 0 Å². The summed E-state index contributed by atoms with van der Waals surface area (Å²) < 4.78 is 21.9. The van der Waals surface area contributed by atoms with Gasteiger partial charge in [-0.3, -0.25) is 0 Å². The minimum absolute atomic E-state index is 0.284. The van der Waals surface area contributed by atoms with Gasteiger partial charge < -0.3 is 0 Å². The lowest BCUT2D eigenvalue weighted by molar-refractivity contribution is 0.611. The van der Waals surface area contributed by atoms with Gasteiger partial charge in [-0.2, -0.15) is 0 Å². The van der Waals surface area contributed by atoms with Gasteiger partial charge in [0.25, 0.3) is 0 Å². The lowest BCUT2D eigenvalue weighted by Gasteiger charge is -1.97. The van der Waals surface area contributed by atoms with E-state index < -0.39 is 8.27 Å². The first-order chi connectivity index (χ1) is 5.54. The second kappa shape index (κ2) is 3.89. The van der Waals surface area contributed by atoms with E-state index in [4.69, 9.17) is 0 Å². The van der Waals surface area contributed by atoms with Crippen LogP contribution in [0, 0.1) is 0 Å². The highest BCUT2D eigenvalue weighted by molar-refractivity contribution is 9.47. The van der Waals surface area contributed by atoms with Gasteiger partial charge in [0.1, 0.15) is 0 Å². The number of benzene rings is 1. The molecule has 0 atom stereocenters. The Balaban J connectivity index is 3.09. The van der Waals surface area contributed by atoms with Crippen LogP contribution in [0.2, 0.25) is 0 Å². The standard InChI is InChI=1S/C7H6Br2O2S/c8-5-6-1-3-7(4-2-6)12(9,10)11/h1-4H,5H2. The average Bonchev–Trinajstić information content (AvgIpc) is 2.03. The first-order valence-corrected chi connectivity index (χ1v) is 7.58. The molecule has 0 radical (unpaired) electrons. The fourth-order valence-electron chi connectivity index (χ4n) is 0.741. The van der Waals surface area contributed by atoms with E-state index in [-0.39, 0.29) is 4.90 Å². The smallest absolute Gasteiger partial charge is 0.212 e. The Kier molecular flexibility index (Phi) is 3.31. The number of alkyl halides is 1. The lowest BCUT2D eigenvalue weighted by Crippen LogP contribution is -1.89. The van der Waals surface area contributed by atoms with Crippen molar-refractivity contribution in [3.8, 4) is 0 Å². The van der Waals surface area contributed by atoms with Crippen LogP contribution in [0.25, 0.3) is 0 Å². The molecule has 0 bridgehead atoms. The maximum Gasteiger partial charge on any atom is 0.237 e. The number of hydrogen-bond acceptors (Lipinski definition) is 2. The summed E-state index contributed by atoms with van der Waals surface area (Å²) in [5.41, 5.74) is 1.05. The van der Waals surface area contributed by atoms with Crippen LogP contribution in [0.4, 0.5) is 0 Å². The van der Waals surface area contributed by atoms with Crippen molar-refractivity contribution in [1.82, 2.24) is 0 Å². The van der Waals surface area contributed by atoms with Gasteiger partial charge in [-0.15, -0.1) is 0 Å². The molecule has 1 aromatic carbocycles. The van der Waals surface area contributed by atoms with Crippen LogP contribution in [0.1, 0.15) is 5.56 Å². The largest absolute Gasteiger partial charge is 0.237 e. The Bertz CT molecular complexity index is 355. The van der Waals surface area contributed by atoms with Crippen LogP contribution in [-0.4, -0.2) is 8.42 Å². The molecule has 0 fully saturated rings. The first kappa shape index (κ1) is 10.2. The predicted octanol–water partition coefficient (Wildman–Crippen LogP) is 2.67. The van der Waals surface area contributed by atoms with Crippen LogP contribution in [0.5, 0.6) is 0 Å². The third kappa shape index (κ3) is 2.57. The molecule has 0 spiro atoms. The third-order valence-electron chi connectivity index (χ3n) is 1.36. The highest BCUT2D eigenvalue weighted by Crippen LogP contribution is 2.17. The Morgan fingerprint density at radius 1 is 1.17 bits per heavy atom. The van der Waals surface area contributed by atoms with Crippen LogP contribution in [0.3, 0.4) is 0 Å². The molecule has 1 rings (SSSR count). The summed E-state index contributed by atoms with van der Waals surface area (Å²) in [5.74, 6) is 0. The van der Waals surface area contributed by atoms with E-state index in [2.05, 4.69) is 30.7 Å². The minimum Gasteiger partial charge on any atom is -0.212 e. The van der Waals surface area contributed by atoms with Crippen molar-refractivity contribution in [3.63, 3.8) is 0 Å². The Labute approximate surface area is 87.2 Å². The van der Waals surface area contributed by atoms with E-state index in [0.717, 1.165) is 10.9 Å². The lowest BCUT2D eigenvalue weighted by atomic mass is 10.2. The monoisotopic (exact) mass is 312 g/mol. The van der Waals surface area contributed by atoms with Crippen molar-refractivity contribution in [2.45, 2.75) is 10.2 Å². The first-order valence-electron chi connectivity index (χ1n) is 3.13. The summed E-state index contributed by atoms with van der Waals surface area (Å²) in [6.45, 7) is 0. The SMILES string of the molecule is O=S(=O)(Br)c1ccc(CBr)cc1. The summed E-state index contributed by atoms with van der Waals surface area (Å²) in [6, 6.07) is 6.67. The van der Waals surface area contributed by atoms with Crippen molar-refractivity contribution in [2.75, 3.05) is 0 Å². The Morgan fingerprint density at radius 2 is 1.67 bits per heavy atom. The Hall–Kier alpha value is 0.130. The summed E-state index contributed by atoms with van der Waals surface area (Å²) in [7, 11) is -3.23. The summed E-state index contributed by atoms with van der Waals surface area (Å²) in [6.07, 6.45) is 0. The van der Waals surface area contributed by atoms with Crippen LogP contribution >= 0.6 is 30.7 Å². The molecule has 0 aliphatic carbocycles. The highest BCUT2D eigenvalue weighted by atomic mass is 79.9. The van der Waals surface area contributed by atoms with Crippen LogP contribution in [-0.2, 0) is 13.6 Å². The topological polar surface area (TPSA) is 34.1 Å². The number of rotatable bonds is 2. The number of halogens is 2. The van der Waals surface area contributed by atoms with E-state index >= 15 is 0 Å². The molecule has 2 nitrogen and oxygen atoms in total. The van der Waals surface area contributed by atoms with Gasteiger partial charge in [-0.05, 0) is 17.7 Å². The second-order valence-corrected chi connectivity index (χ2v) is 6.68. The van der Waals surface area contributed by atoms with E-state index in [1.54, 1.807) is 24.3 Å². The zero-order chi connectivity index (χ0) is 9.19. The molecule has 66 valence electrons. The van der Waals surface area contributed by atoms with E-state index in [1.165, 1.54) is 0 Å². The molecule has 12 heavy (non-hydrogen) atoms. The normalized spacial score (nSPS) is 11.5. The van der Waals surface area contributed by atoms with Gasteiger partial charge >= 0.3 is 0 Å². The van der Waals surface area contributed by atoms with Gasteiger partial charge in [0, 0.05) is 5.33 Å².